The second-order valence-corrected chi connectivity index (χ2v) is 6.77. The summed E-state index contributed by atoms with van der Waals surface area (Å²) in [4.78, 5) is 14.4. The maximum absolute atomic E-state index is 14.0. The van der Waals surface area contributed by atoms with E-state index in [1.165, 1.54) is 6.07 Å². The highest BCUT2D eigenvalue weighted by Crippen LogP contribution is 2.48. The van der Waals surface area contributed by atoms with Crippen molar-refractivity contribution in [2.24, 2.45) is 0 Å². The monoisotopic (exact) mass is 320 g/mol. The van der Waals surface area contributed by atoms with Gasteiger partial charge in [-0.3, -0.25) is 0 Å². The number of aliphatic hydroxyl groups excluding tert-OH is 1. The third-order valence-electron chi connectivity index (χ3n) is 5.23. The van der Waals surface area contributed by atoms with Gasteiger partial charge in [-0.2, -0.15) is 0 Å². The van der Waals surface area contributed by atoms with Crippen LogP contribution in [-0.2, 0) is 5.41 Å². The van der Waals surface area contributed by atoms with Crippen molar-refractivity contribution < 1.29 is 14.3 Å². The molecule has 0 aromatic heterocycles. The standard InChI is InChI=1S/C18H25FN2O2/c19-16-7-2-1-6-15(16)18(9-10-18)13-20-17(23)21-11-4-3-5-14(21)8-12-22/h1-2,6-7,14,22H,3-5,8-13H2,(H,20,23). The molecular weight excluding hydrogens is 295 g/mol. The molecule has 23 heavy (non-hydrogen) atoms. The number of piperidine rings is 1. The third kappa shape index (κ3) is 3.50. The number of nitrogens with one attached hydrogen (secondary N) is 1. The number of likely N-dealkylation sites (tertiary alicyclic amines) is 1. The van der Waals surface area contributed by atoms with Crippen LogP contribution in [0.4, 0.5) is 9.18 Å². The molecule has 1 heterocycles. The Morgan fingerprint density at radius 2 is 2.13 bits per heavy atom. The zero-order valence-electron chi connectivity index (χ0n) is 13.4. The van der Waals surface area contributed by atoms with E-state index < -0.39 is 0 Å². The minimum absolute atomic E-state index is 0.0780. The molecule has 2 fully saturated rings. The van der Waals surface area contributed by atoms with Crippen molar-refractivity contribution in [1.29, 1.82) is 0 Å². The van der Waals surface area contributed by atoms with Gasteiger partial charge in [0.05, 0.1) is 0 Å². The average Bonchev–Trinajstić information content (AvgIpc) is 3.35. The SMILES string of the molecule is O=C(NCC1(c2ccccc2F)CC1)N1CCCCC1CCO. The van der Waals surface area contributed by atoms with Crippen LogP contribution in [0.1, 0.15) is 44.1 Å². The van der Waals surface area contributed by atoms with Gasteiger partial charge in [0.25, 0.3) is 0 Å². The number of halogens is 1. The van der Waals surface area contributed by atoms with Gasteiger partial charge in [0.15, 0.2) is 0 Å². The second kappa shape index (κ2) is 6.87. The van der Waals surface area contributed by atoms with Crippen LogP contribution >= 0.6 is 0 Å². The first-order valence-corrected chi connectivity index (χ1v) is 8.57. The highest BCUT2D eigenvalue weighted by Gasteiger charge is 2.46. The maximum Gasteiger partial charge on any atom is 0.317 e. The lowest BCUT2D eigenvalue weighted by atomic mass is 9.95. The van der Waals surface area contributed by atoms with Gasteiger partial charge in [-0.25, -0.2) is 9.18 Å². The van der Waals surface area contributed by atoms with Crippen LogP contribution in [0.2, 0.25) is 0 Å². The minimum Gasteiger partial charge on any atom is -0.396 e. The van der Waals surface area contributed by atoms with Gasteiger partial charge in [0.2, 0.25) is 0 Å². The molecule has 1 aromatic carbocycles. The van der Waals surface area contributed by atoms with E-state index >= 15 is 0 Å². The number of amides is 2. The predicted molar refractivity (Wildman–Crippen MR) is 86.8 cm³/mol. The lowest BCUT2D eigenvalue weighted by Crippen LogP contribution is -2.50. The Kier molecular flexibility index (Phi) is 4.85. The molecule has 1 aliphatic heterocycles. The van der Waals surface area contributed by atoms with Crippen molar-refractivity contribution in [3.8, 4) is 0 Å². The highest BCUT2D eigenvalue weighted by atomic mass is 19.1. The van der Waals surface area contributed by atoms with Crippen LogP contribution in [0, 0.1) is 5.82 Å². The van der Waals surface area contributed by atoms with E-state index in [1.807, 2.05) is 17.0 Å². The second-order valence-electron chi connectivity index (χ2n) is 6.77. The number of aliphatic hydroxyl groups is 1. The van der Waals surface area contributed by atoms with Crippen molar-refractivity contribution in [2.45, 2.75) is 50.0 Å². The van der Waals surface area contributed by atoms with Gasteiger partial charge in [-0.05, 0) is 50.2 Å². The van der Waals surface area contributed by atoms with E-state index in [1.54, 1.807) is 6.07 Å². The summed E-state index contributed by atoms with van der Waals surface area (Å²) in [6.45, 7) is 1.33. The van der Waals surface area contributed by atoms with Gasteiger partial charge in [0.1, 0.15) is 5.82 Å². The number of carbonyl (C=O) groups is 1. The summed E-state index contributed by atoms with van der Waals surface area (Å²) in [6.07, 6.45) is 5.52. The molecule has 2 amide bonds. The minimum atomic E-state index is -0.233. The fourth-order valence-electron chi connectivity index (χ4n) is 3.65. The summed E-state index contributed by atoms with van der Waals surface area (Å²) >= 11 is 0. The normalized spacial score (nSPS) is 22.7. The fourth-order valence-corrected chi connectivity index (χ4v) is 3.65. The molecule has 1 atom stereocenters. The summed E-state index contributed by atoms with van der Waals surface area (Å²) in [5, 5.41) is 12.2. The van der Waals surface area contributed by atoms with Crippen LogP contribution < -0.4 is 5.32 Å². The molecule has 2 aliphatic rings. The number of nitrogens with zero attached hydrogens (tertiary/aromatic N) is 1. The summed E-state index contributed by atoms with van der Waals surface area (Å²) < 4.78 is 14.0. The van der Waals surface area contributed by atoms with Crippen molar-refractivity contribution in [3.05, 3.63) is 35.6 Å². The molecule has 3 rings (SSSR count). The van der Waals surface area contributed by atoms with E-state index in [2.05, 4.69) is 5.32 Å². The lowest BCUT2D eigenvalue weighted by molar-refractivity contribution is 0.131. The van der Waals surface area contributed by atoms with Crippen LogP contribution in [0.3, 0.4) is 0 Å². The maximum atomic E-state index is 14.0. The molecule has 1 aliphatic carbocycles. The van der Waals surface area contributed by atoms with Gasteiger partial charge in [0, 0.05) is 31.2 Å². The van der Waals surface area contributed by atoms with Crippen molar-refractivity contribution >= 4 is 6.03 Å². The molecule has 2 N–H and O–H groups in total. The Labute approximate surface area is 136 Å². The van der Waals surface area contributed by atoms with Crippen molar-refractivity contribution in [3.63, 3.8) is 0 Å². The molecule has 0 bridgehead atoms. The Hall–Kier alpha value is -1.62. The average molecular weight is 320 g/mol. The topological polar surface area (TPSA) is 52.6 Å². The Bertz CT molecular complexity index is 558. The first-order valence-electron chi connectivity index (χ1n) is 8.57. The summed E-state index contributed by atoms with van der Waals surface area (Å²) in [5.41, 5.74) is 0.481. The molecule has 1 aromatic rings. The smallest absolute Gasteiger partial charge is 0.317 e. The van der Waals surface area contributed by atoms with Crippen LogP contribution in [0.25, 0.3) is 0 Å². The van der Waals surface area contributed by atoms with E-state index in [9.17, 15) is 9.18 Å². The highest BCUT2D eigenvalue weighted by molar-refractivity contribution is 5.75. The summed E-state index contributed by atoms with van der Waals surface area (Å²) in [5.74, 6) is -0.185. The molecular formula is C18H25FN2O2. The predicted octanol–water partition coefficient (Wildman–Crippen LogP) is 2.80. The van der Waals surface area contributed by atoms with Crippen molar-refractivity contribution in [1.82, 2.24) is 10.2 Å². The third-order valence-corrected chi connectivity index (χ3v) is 5.23. The van der Waals surface area contributed by atoms with Crippen molar-refractivity contribution in [2.75, 3.05) is 19.7 Å². The largest absolute Gasteiger partial charge is 0.396 e. The molecule has 1 saturated heterocycles. The van der Waals surface area contributed by atoms with Gasteiger partial charge in [-0.15, -0.1) is 0 Å². The van der Waals surface area contributed by atoms with Crippen LogP contribution in [-0.4, -0.2) is 41.8 Å². The molecule has 1 unspecified atom stereocenters. The van der Waals surface area contributed by atoms with E-state index in [-0.39, 0.29) is 29.9 Å². The number of carbonyl (C=O) groups excluding carboxylic acids is 1. The van der Waals surface area contributed by atoms with Crippen LogP contribution in [0.5, 0.6) is 0 Å². The Morgan fingerprint density at radius 1 is 1.35 bits per heavy atom. The molecule has 0 spiro atoms. The number of hydrogen-bond acceptors (Lipinski definition) is 2. The first kappa shape index (κ1) is 16.2. The summed E-state index contributed by atoms with van der Waals surface area (Å²) in [7, 11) is 0. The zero-order valence-corrected chi connectivity index (χ0v) is 13.4. The first-order chi connectivity index (χ1) is 11.2. The molecule has 4 nitrogen and oxygen atoms in total. The number of benzene rings is 1. The zero-order chi connectivity index (χ0) is 16.3. The molecule has 5 heteroatoms. The number of urea groups is 1. The van der Waals surface area contributed by atoms with E-state index in [4.69, 9.17) is 5.11 Å². The fraction of sp³-hybridized carbons (Fsp3) is 0.611. The van der Waals surface area contributed by atoms with Gasteiger partial charge in [-0.1, -0.05) is 18.2 Å². The molecule has 126 valence electrons. The quantitative estimate of drug-likeness (QED) is 0.876. The Morgan fingerprint density at radius 3 is 2.83 bits per heavy atom. The molecule has 1 saturated carbocycles. The van der Waals surface area contributed by atoms with Gasteiger partial charge >= 0.3 is 6.03 Å². The lowest BCUT2D eigenvalue weighted by Gasteiger charge is -2.36. The van der Waals surface area contributed by atoms with Gasteiger partial charge < -0.3 is 15.3 Å². The number of hydrogen-bond donors (Lipinski definition) is 2. The van der Waals surface area contributed by atoms with Crippen LogP contribution in [0.15, 0.2) is 24.3 Å². The number of rotatable bonds is 5. The van der Waals surface area contributed by atoms with E-state index in [0.29, 0.717) is 18.5 Å². The Balaban J connectivity index is 1.61. The summed E-state index contributed by atoms with van der Waals surface area (Å²) in [6, 6.07) is 6.90. The molecule has 0 radical (unpaired) electrons. The van der Waals surface area contributed by atoms with E-state index in [0.717, 1.165) is 38.6 Å².